The molecule has 2 heteroatoms. The molecule has 18 heavy (non-hydrogen) atoms. The van der Waals surface area contributed by atoms with Crippen molar-refractivity contribution in [3.8, 4) is 0 Å². The number of nitrogens with zero attached hydrogens (tertiary/aromatic N) is 1. The molecule has 0 aromatic carbocycles. The third-order valence-corrected chi connectivity index (χ3v) is 3.64. The molecule has 0 saturated heterocycles. The number of rotatable bonds is 11. The summed E-state index contributed by atoms with van der Waals surface area (Å²) in [5, 5.41) is 0. The van der Waals surface area contributed by atoms with E-state index in [1.54, 1.807) is 0 Å². The van der Waals surface area contributed by atoms with Crippen LogP contribution in [-0.4, -0.2) is 42.9 Å². The molecule has 1 nitrogen and oxygen atoms in total. The first-order valence-corrected chi connectivity index (χ1v) is 7.64. The van der Waals surface area contributed by atoms with E-state index in [2.05, 4.69) is 37.3 Å². The van der Waals surface area contributed by atoms with Crippen LogP contribution in [-0.2, 0) is 0 Å². The summed E-state index contributed by atoms with van der Waals surface area (Å²) in [7, 11) is 0. The van der Waals surface area contributed by atoms with E-state index in [-0.39, 0.29) is 18.9 Å². The zero-order chi connectivity index (χ0) is 12.3. The predicted octanol–water partition coefficient (Wildman–Crippen LogP) is 3.94. The molecule has 0 amide bonds. The van der Waals surface area contributed by atoms with Gasteiger partial charge in [-0.25, -0.2) is 0 Å². The van der Waals surface area contributed by atoms with Crippen LogP contribution < -0.4 is 0 Å². The van der Waals surface area contributed by atoms with Crippen molar-refractivity contribution in [1.29, 1.82) is 0 Å². The maximum atomic E-state index is 2.66. The minimum atomic E-state index is 0. The second-order valence-corrected chi connectivity index (χ2v) is 5.23. The molecule has 0 fully saturated rings. The molecule has 1 radical (unpaired) electrons. The molecule has 0 saturated carbocycles. The number of unbranched alkanes of at least 4 members (excludes halogenated alkanes) is 6. The Bertz CT molecular complexity index is 191. The second kappa shape index (κ2) is 12.3. The average molecular weight is 244 g/mol. The fraction of sp³-hybridized carbons (Fsp3) is 0.812. The summed E-state index contributed by atoms with van der Waals surface area (Å²) in [4.78, 5) is 2.66. The van der Waals surface area contributed by atoms with Gasteiger partial charge >= 0.3 is 18.9 Å². The van der Waals surface area contributed by atoms with Crippen LogP contribution in [0.15, 0.2) is 12.2 Å². The summed E-state index contributed by atoms with van der Waals surface area (Å²) in [6, 6.07) is 0.651. The zero-order valence-corrected chi connectivity index (χ0v) is 11.8. The van der Waals surface area contributed by atoms with Crippen molar-refractivity contribution in [1.82, 2.24) is 4.90 Å². The summed E-state index contributed by atoms with van der Waals surface area (Å²) in [6.07, 6.45) is 17.9. The maximum absolute atomic E-state index is 2.66. The van der Waals surface area contributed by atoms with E-state index < -0.39 is 0 Å². The molecule has 1 rings (SSSR count). The Kier molecular flexibility index (Phi) is 12.5. The van der Waals surface area contributed by atoms with E-state index in [0.717, 1.165) is 0 Å². The van der Waals surface area contributed by atoms with Gasteiger partial charge < -0.3 is 0 Å². The monoisotopic (exact) mass is 244 g/mol. The van der Waals surface area contributed by atoms with Crippen LogP contribution in [0.1, 0.15) is 65.2 Å². The number of hydrogen-bond donors (Lipinski definition) is 0. The van der Waals surface area contributed by atoms with Gasteiger partial charge in [0.1, 0.15) is 0 Å². The first-order chi connectivity index (χ1) is 8.38. The molecule has 0 aromatic rings. The SMILES string of the molecule is CCCCCCN(CCCCCC)C1[CH]C=C1.[LiH]. The molecule has 0 bridgehead atoms. The van der Waals surface area contributed by atoms with Crippen molar-refractivity contribution in [2.75, 3.05) is 13.1 Å². The van der Waals surface area contributed by atoms with Crippen molar-refractivity contribution in [2.45, 2.75) is 71.3 Å². The predicted molar refractivity (Wildman–Crippen MR) is 84.2 cm³/mol. The third kappa shape index (κ3) is 7.67. The standard InChI is InChI=1S/C16H30N.Li.H/c1-3-5-7-9-14-17(16-12-11-13-16)15-10-8-6-4-2;;/h11-13,16H,3-10,14-15H2,1-2H3;;. The van der Waals surface area contributed by atoms with Gasteiger partial charge in [0.05, 0.1) is 0 Å². The molecule has 101 valence electrons. The molecule has 0 heterocycles. The zero-order valence-electron chi connectivity index (χ0n) is 11.8. The molecule has 0 aliphatic heterocycles. The van der Waals surface area contributed by atoms with Crippen molar-refractivity contribution >= 4 is 18.9 Å². The van der Waals surface area contributed by atoms with Crippen LogP contribution in [0.4, 0.5) is 0 Å². The van der Waals surface area contributed by atoms with E-state index in [9.17, 15) is 0 Å². The first kappa shape index (κ1) is 18.3. The Morgan fingerprint density at radius 3 is 1.67 bits per heavy atom. The molecule has 0 N–H and O–H groups in total. The molecule has 1 atom stereocenters. The quantitative estimate of drug-likeness (QED) is 0.393. The molecular weight excluding hydrogens is 213 g/mol. The first-order valence-electron chi connectivity index (χ1n) is 7.64. The van der Waals surface area contributed by atoms with E-state index in [1.165, 1.54) is 64.5 Å². The Morgan fingerprint density at radius 1 is 0.833 bits per heavy atom. The van der Waals surface area contributed by atoms with Gasteiger partial charge in [-0.3, -0.25) is 4.90 Å². The summed E-state index contributed by atoms with van der Waals surface area (Å²) in [5.74, 6) is 0. The summed E-state index contributed by atoms with van der Waals surface area (Å²) < 4.78 is 0. The molecule has 0 aromatic heterocycles. The van der Waals surface area contributed by atoms with E-state index >= 15 is 0 Å². The summed E-state index contributed by atoms with van der Waals surface area (Å²) >= 11 is 0. The Balaban J connectivity index is 0.00000289. The van der Waals surface area contributed by atoms with E-state index in [4.69, 9.17) is 0 Å². The molecule has 1 unspecified atom stereocenters. The van der Waals surface area contributed by atoms with Gasteiger partial charge in [0.2, 0.25) is 0 Å². The molecule has 1 aliphatic carbocycles. The average Bonchev–Trinajstić information content (AvgIpc) is 2.27. The normalized spacial score (nSPS) is 17.6. The van der Waals surface area contributed by atoms with Crippen molar-refractivity contribution in [2.24, 2.45) is 0 Å². The van der Waals surface area contributed by atoms with Crippen molar-refractivity contribution < 1.29 is 0 Å². The van der Waals surface area contributed by atoms with Crippen LogP contribution >= 0.6 is 0 Å². The van der Waals surface area contributed by atoms with Gasteiger partial charge in [-0.15, -0.1) is 0 Å². The van der Waals surface area contributed by atoms with E-state index in [1.807, 2.05) is 0 Å². The van der Waals surface area contributed by atoms with Crippen LogP contribution in [0.5, 0.6) is 0 Å². The Hall–Kier alpha value is 0.297. The second-order valence-electron chi connectivity index (χ2n) is 5.23. The summed E-state index contributed by atoms with van der Waals surface area (Å²) in [5.41, 5.74) is 0. The third-order valence-electron chi connectivity index (χ3n) is 3.64. The van der Waals surface area contributed by atoms with E-state index in [0.29, 0.717) is 6.04 Å². The molecule has 1 aliphatic rings. The van der Waals surface area contributed by atoms with Gasteiger partial charge in [-0.05, 0) is 25.9 Å². The van der Waals surface area contributed by atoms with Gasteiger partial charge in [-0.2, -0.15) is 0 Å². The number of hydrogen-bond acceptors (Lipinski definition) is 1. The van der Waals surface area contributed by atoms with Crippen molar-refractivity contribution in [3.05, 3.63) is 18.6 Å². The van der Waals surface area contributed by atoms with Crippen LogP contribution in [0.3, 0.4) is 0 Å². The minimum absolute atomic E-state index is 0. The van der Waals surface area contributed by atoms with Crippen LogP contribution in [0.2, 0.25) is 0 Å². The molecule has 0 spiro atoms. The Labute approximate surface area is 127 Å². The van der Waals surface area contributed by atoms with Gasteiger partial charge in [0, 0.05) is 12.5 Å². The van der Waals surface area contributed by atoms with Crippen LogP contribution in [0.25, 0.3) is 0 Å². The topological polar surface area (TPSA) is 3.24 Å². The Morgan fingerprint density at radius 2 is 1.33 bits per heavy atom. The van der Waals surface area contributed by atoms with Gasteiger partial charge in [0.25, 0.3) is 0 Å². The molecular formula is C16H31LiN. The van der Waals surface area contributed by atoms with Gasteiger partial charge in [0.15, 0.2) is 0 Å². The van der Waals surface area contributed by atoms with Crippen molar-refractivity contribution in [3.63, 3.8) is 0 Å². The van der Waals surface area contributed by atoms with Crippen LogP contribution in [0, 0.1) is 6.42 Å². The summed E-state index contributed by atoms with van der Waals surface area (Å²) in [6.45, 7) is 7.14. The fourth-order valence-electron chi connectivity index (χ4n) is 2.35. The van der Waals surface area contributed by atoms with Gasteiger partial charge in [-0.1, -0.05) is 64.5 Å². The fourth-order valence-corrected chi connectivity index (χ4v) is 2.35.